The number of hydrogen-bond donors (Lipinski definition) is 3. The molecule has 0 saturated heterocycles. The Labute approximate surface area is 267 Å². The van der Waals surface area contributed by atoms with Crippen molar-refractivity contribution in [3.8, 4) is 17.2 Å². The first-order valence-electron chi connectivity index (χ1n) is 14.2. The van der Waals surface area contributed by atoms with Crippen molar-refractivity contribution in [3.63, 3.8) is 0 Å². The van der Waals surface area contributed by atoms with E-state index in [9.17, 15) is 14.4 Å². The number of benzene rings is 4. The molecule has 0 fully saturated rings. The molecule has 10 heteroatoms. The van der Waals surface area contributed by atoms with Gasteiger partial charge in [0.25, 0.3) is 11.8 Å². The third-order valence-corrected chi connectivity index (χ3v) is 8.00. The van der Waals surface area contributed by atoms with Gasteiger partial charge in [0, 0.05) is 39.5 Å². The van der Waals surface area contributed by atoms with Gasteiger partial charge in [-0.15, -0.1) is 11.8 Å². The highest BCUT2D eigenvalue weighted by Crippen LogP contribution is 2.30. The van der Waals surface area contributed by atoms with Crippen LogP contribution in [0.15, 0.2) is 108 Å². The lowest BCUT2D eigenvalue weighted by Gasteiger charge is -2.16. The third kappa shape index (κ3) is 9.14. The molecule has 4 aromatic rings. The van der Waals surface area contributed by atoms with Crippen molar-refractivity contribution in [2.45, 2.75) is 23.5 Å². The van der Waals surface area contributed by atoms with Crippen LogP contribution in [-0.2, 0) is 9.59 Å². The maximum absolute atomic E-state index is 13.6. The van der Waals surface area contributed by atoms with Crippen LogP contribution < -0.4 is 30.2 Å². The predicted octanol–water partition coefficient (Wildman–Crippen LogP) is 6.63. The van der Waals surface area contributed by atoms with E-state index >= 15 is 0 Å². The molecule has 0 aliphatic heterocycles. The first kappa shape index (κ1) is 32.7. The molecular weight excluding hydrogens is 590 g/mol. The highest BCUT2D eigenvalue weighted by molar-refractivity contribution is 8.00. The number of carbonyl (C=O) groups is 3. The maximum Gasteiger partial charge on any atom is 0.272 e. The van der Waals surface area contributed by atoms with Crippen molar-refractivity contribution in [1.29, 1.82) is 0 Å². The summed E-state index contributed by atoms with van der Waals surface area (Å²) >= 11 is 1.39. The second-order valence-corrected chi connectivity index (χ2v) is 11.0. The number of hydrogen-bond acceptors (Lipinski definition) is 7. The molecule has 0 heterocycles. The fourth-order valence-electron chi connectivity index (χ4n) is 4.29. The molecule has 4 rings (SSSR count). The molecule has 1 unspecified atom stereocenters. The summed E-state index contributed by atoms with van der Waals surface area (Å²) in [7, 11) is 4.63. The Kier molecular flexibility index (Phi) is 11.6. The zero-order chi connectivity index (χ0) is 32.2. The summed E-state index contributed by atoms with van der Waals surface area (Å²) in [6, 6.07) is 28.1. The smallest absolute Gasteiger partial charge is 0.272 e. The number of anilines is 2. The SMILES string of the molecule is CCC(Sc1cccc(NC(=O)/C(=C\c2ccc(OC)cc2OC)NC(=O)c2ccccc2)c1)C(=O)Nc1cccc(OC)c1. The Morgan fingerprint density at radius 3 is 2.13 bits per heavy atom. The molecule has 0 radical (unpaired) electrons. The summed E-state index contributed by atoms with van der Waals surface area (Å²) in [6.45, 7) is 1.94. The van der Waals surface area contributed by atoms with E-state index in [1.807, 2.05) is 25.1 Å². The molecule has 0 aromatic heterocycles. The molecule has 4 aromatic carbocycles. The summed E-state index contributed by atoms with van der Waals surface area (Å²) in [5, 5.41) is 8.18. The summed E-state index contributed by atoms with van der Waals surface area (Å²) in [5.74, 6) is 0.567. The quantitative estimate of drug-likeness (QED) is 0.113. The Hall–Kier alpha value is -5.22. The minimum absolute atomic E-state index is 0.00878. The highest BCUT2D eigenvalue weighted by atomic mass is 32.2. The molecule has 0 aliphatic carbocycles. The average Bonchev–Trinajstić information content (AvgIpc) is 3.07. The summed E-state index contributed by atoms with van der Waals surface area (Å²) in [4.78, 5) is 40.5. The van der Waals surface area contributed by atoms with Crippen molar-refractivity contribution in [1.82, 2.24) is 5.32 Å². The van der Waals surface area contributed by atoms with Gasteiger partial charge < -0.3 is 30.2 Å². The van der Waals surface area contributed by atoms with Crippen molar-refractivity contribution in [3.05, 3.63) is 114 Å². The highest BCUT2D eigenvalue weighted by Gasteiger charge is 2.20. The van der Waals surface area contributed by atoms with Crippen LogP contribution >= 0.6 is 11.8 Å². The number of methoxy groups -OCH3 is 3. The van der Waals surface area contributed by atoms with E-state index in [1.54, 1.807) is 99.2 Å². The molecule has 0 aliphatic rings. The van der Waals surface area contributed by atoms with E-state index in [4.69, 9.17) is 14.2 Å². The topological polar surface area (TPSA) is 115 Å². The van der Waals surface area contributed by atoms with Crippen LogP contribution in [0.2, 0.25) is 0 Å². The van der Waals surface area contributed by atoms with E-state index < -0.39 is 11.8 Å². The van der Waals surface area contributed by atoms with Crippen LogP contribution in [0.4, 0.5) is 11.4 Å². The molecular formula is C35H35N3O6S. The fourth-order valence-corrected chi connectivity index (χ4v) is 5.30. The molecule has 3 N–H and O–H groups in total. The van der Waals surface area contributed by atoms with Crippen molar-refractivity contribution in [2.75, 3.05) is 32.0 Å². The van der Waals surface area contributed by atoms with Gasteiger partial charge in [0.15, 0.2) is 0 Å². The van der Waals surface area contributed by atoms with Gasteiger partial charge in [0.1, 0.15) is 22.9 Å². The first-order chi connectivity index (χ1) is 21.8. The van der Waals surface area contributed by atoms with Crippen molar-refractivity contribution < 1.29 is 28.6 Å². The van der Waals surface area contributed by atoms with Gasteiger partial charge >= 0.3 is 0 Å². The Bertz CT molecular complexity index is 1680. The van der Waals surface area contributed by atoms with Gasteiger partial charge in [-0.2, -0.15) is 0 Å². The van der Waals surface area contributed by atoms with E-state index in [0.717, 1.165) is 4.90 Å². The van der Waals surface area contributed by atoms with Crippen LogP contribution in [-0.4, -0.2) is 44.3 Å². The summed E-state index contributed by atoms with van der Waals surface area (Å²) < 4.78 is 16.0. The molecule has 9 nitrogen and oxygen atoms in total. The molecule has 0 spiro atoms. The van der Waals surface area contributed by atoms with Gasteiger partial charge in [-0.3, -0.25) is 14.4 Å². The van der Waals surface area contributed by atoms with Crippen LogP contribution in [0.25, 0.3) is 6.08 Å². The predicted molar refractivity (Wildman–Crippen MR) is 178 cm³/mol. The second kappa shape index (κ2) is 16.0. The Balaban J connectivity index is 1.54. The zero-order valence-electron chi connectivity index (χ0n) is 25.5. The third-order valence-electron chi connectivity index (χ3n) is 6.64. The van der Waals surface area contributed by atoms with Crippen LogP contribution in [0.3, 0.4) is 0 Å². The van der Waals surface area contributed by atoms with Crippen LogP contribution in [0, 0.1) is 0 Å². The number of carbonyl (C=O) groups excluding carboxylic acids is 3. The number of nitrogens with one attached hydrogen (secondary N) is 3. The fraction of sp³-hybridized carbons (Fsp3) is 0.171. The lowest BCUT2D eigenvalue weighted by molar-refractivity contribution is -0.116. The van der Waals surface area contributed by atoms with E-state index in [0.29, 0.717) is 46.2 Å². The zero-order valence-corrected chi connectivity index (χ0v) is 26.3. The molecule has 0 bridgehead atoms. The number of thioether (sulfide) groups is 1. The lowest BCUT2D eigenvalue weighted by Crippen LogP contribution is -2.30. The van der Waals surface area contributed by atoms with Gasteiger partial charge in [0.2, 0.25) is 5.91 Å². The monoisotopic (exact) mass is 625 g/mol. The number of ether oxygens (including phenoxy) is 3. The van der Waals surface area contributed by atoms with Crippen molar-refractivity contribution in [2.24, 2.45) is 0 Å². The first-order valence-corrected chi connectivity index (χ1v) is 15.0. The van der Waals surface area contributed by atoms with E-state index in [-0.39, 0.29) is 16.9 Å². The summed E-state index contributed by atoms with van der Waals surface area (Å²) in [5.41, 5.74) is 2.11. The molecule has 1 atom stereocenters. The minimum Gasteiger partial charge on any atom is -0.497 e. The van der Waals surface area contributed by atoms with Gasteiger partial charge in [0.05, 0.1) is 26.6 Å². The average molecular weight is 626 g/mol. The standard InChI is InChI=1S/C35H35N3O6S/c1-5-32(35(41)37-25-13-9-15-27(20-25)42-2)45-29-16-10-14-26(21-29)36-34(40)30(38-33(39)23-11-7-6-8-12-23)19-24-17-18-28(43-3)22-31(24)44-4/h6-22,32H,5H2,1-4H3,(H,36,40)(H,37,41)(H,38,39)/b30-19+. The molecule has 0 saturated carbocycles. The Morgan fingerprint density at radius 2 is 1.44 bits per heavy atom. The Morgan fingerprint density at radius 1 is 0.756 bits per heavy atom. The molecule has 232 valence electrons. The van der Waals surface area contributed by atoms with Gasteiger partial charge in [-0.05, 0) is 67.1 Å². The number of rotatable bonds is 13. The largest absolute Gasteiger partial charge is 0.497 e. The maximum atomic E-state index is 13.6. The van der Waals surface area contributed by atoms with Crippen LogP contribution in [0.5, 0.6) is 17.2 Å². The normalized spacial score (nSPS) is 11.6. The van der Waals surface area contributed by atoms with Crippen molar-refractivity contribution >= 4 is 46.9 Å². The number of amides is 3. The molecule has 45 heavy (non-hydrogen) atoms. The van der Waals surface area contributed by atoms with Gasteiger partial charge in [-0.1, -0.05) is 37.3 Å². The summed E-state index contributed by atoms with van der Waals surface area (Å²) in [6.07, 6.45) is 2.13. The second-order valence-electron chi connectivity index (χ2n) is 9.70. The molecule has 3 amide bonds. The lowest BCUT2D eigenvalue weighted by atomic mass is 10.1. The van der Waals surface area contributed by atoms with Crippen LogP contribution in [0.1, 0.15) is 29.3 Å². The van der Waals surface area contributed by atoms with E-state index in [1.165, 1.54) is 18.9 Å². The van der Waals surface area contributed by atoms with Gasteiger partial charge in [-0.25, -0.2) is 0 Å². The minimum atomic E-state index is -0.540. The van der Waals surface area contributed by atoms with E-state index in [2.05, 4.69) is 16.0 Å².